The van der Waals surface area contributed by atoms with Gasteiger partial charge in [-0.3, -0.25) is 9.59 Å². The standard InChI is InChI=1S/C18H33NO3/c1-2-3-4-5-6-7-8-9-17(20)19-14-15-10-12-16(13-11-15)18(21)22/h15-16H,2-14H2,1H3,(H,19,20)(H,21,22). The zero-order chi connectivity index (χ0) is 16.2. The first-order chi connectivity index (χ1) is 10.6. The summed E-state index contributed by atoms with van der Waals surface area (Å²) in [6.45, 7) is 2.94. The fraction of sp³-hybridized carbons (Fsp3) is 0.889. The number of unbranched alkanes of at least 4 members (excludes halogenated alkanes) is 6. The summed E-state index contributed by atoms with van der Waals surface area (Å²) in [7, 11) is 0. The summed E-state index contributed by atoms with van der Waals surface area (Å²) in [5, 5.41) is 12.0. The largest absolute Gasteiger partial charge is 0.481 e. The summed E-state index contributed by atoms with van der Waals surface area (Å²) in [6, 6.07) is 0. The van der Waals surface area contributed by atoms with Crippen molar-refractivity contribution in [3.05, 3.63) is 0 Å². The van der Waals surface area contributed by atoms with Crippen molar-refractivity contribution in [2.75, 3.05) is 6.54 Å². The highest BCUT2D eigenvalue weighted by Crippen LogP contribution is 2.28. The van der Waals surface area contributed by atoms with Gasteiger partial charge >= 0.3 is 5.97 Å². The Bertz CT molecular complexity index is 322. The second-order valence-corrected chi connectivity index (χ2v) is 6.73. The minimum absolute atomic E-state index is 0.161. The van der Waals surface area contributed by atoms with E-state index >= 15 is 0 Å². The van der Waals surface area contributed by atoms with Crippen LogP contribution in [0.2, 0.25) is 0 Å². The normalized spacial score (nSPS) is 21.5. The molecule has 0 aromatic carbocycles. The van der Waals surface area contributed by atoms with Crippen LogP contribution in [0.1, 0.15) is 84.0 Å². The predicted molar refractivity (Wildman–Crippen MR) is 88.7 cm³/mol. The zero-order valence-electron chi connectivity index (χ0n) is 14.1. The number of carboxylic acids is 1. The lowest BCUT2D eigenvalue weighted by molar-refractivity contribution is -0.143. The van der Waals surface area contributed by atoms with Crippen LogP contribution in [0.5, 0.6) is 0 Å². The molecule has 0 unspecified atom stereocenters. The van der Waals surface area contributed by atoms with E-state index in [4.69, 9.17) is 5.11 Å². The number of hydrogen-bond donors (Lipinski definition) is 2. The molecule has 1 amide bonds. The Morgan fingerprint density at radius 2 is 1.55 bits per heavy atom. The van der Waals surface area contributed by atoms with Gasteiger partial charge in [-0.15, -0.1) is 0 Å². The van der Waals surface area contributed by atoms with Crippen molar-refractivity contribution in [2.45, 2.75) is 84.0 Å². The van der Waals surface area contributed by atoms with Gasteiger partial charge in [0.05, 0.1) is 5.92 Å². The molecule has 0 atom stereocenters. The van der Waals surface area contributed by atoms with Crippen LogP contribution in [0.4, 0.5) is 0 Å². The first kappa shape index (κ1) is 19.0. The van der Waals surface area contributed by atoms with Gasteiger partial charge in [-0.1, -0.05) is 45.4 Å². The van der Waals surface area contributed by atoms with E-state index in [1.807, 2.05) is 0 Å². The Balaban J connectivity index is 1.96. The molecule has 1 aliphatic carbocycles. The summed E-state index contributed by atoms with van der Waals surface area (Å²) < 4.78 is 0. The number of carbonyl (C=O) groups excluding carboxylic acids is 1. The molecule has 0 saturated heterocycles. The minimum atomic E-state index is -0.665. The Morgan fingerprint density at radius 1 is 0.955 bits per heavy atom. The van der Waals surface area contributed by atoms with E-state index in [9.17, 15) is 9.59 Å². The lowest BCUT2D eigenvalue weighted by atomic mass is 9.82. The molecule has 0 heterocycles. The zero-order valence-corrected chi connectivity index (χ0v) is 14.1. The molecule has 0 spiro atoms. The lowest BCUT2D eigenvalue weighted by Crippen LogP contribution is -2.32. The van der Waals surface area contributed by atoms with Crippen LogP contribution in [0.3, 0.4) is 0 Å². The third kappa shape index (κ3) is 8.40. The highest BCUT2D eigenvalue weighted by molar-refractivity contribution is 5.75. The Morgan fingerprint density at radius 3 is 2.14 bits per heavy atom. The van der Waals surface area contributed by atoms with Crippen molar-refractivity contribution in [1.29, 1.82) is 0 Å². The first-order valence-corrected chi connectivity index (χ1v) is 9.13. The monoisotopic (exact) mass is 311 g/mol. The molecule has 2 N–H and O–H groups in total. The average molecular weight is 311 g/mol. The van der Waals surface area contributed by atoms with Crippen LogP contribution in [0.15, 0.2) is 0 Å². The number of nitrogens with one attached hydrogen (secondary N) is 1. The van der Waals surface area contributed by atoms with Crippen molar-refractivity contribution in [1.82, 2.24) is 5.32 Å². The summed E-state index contributed by atoms with van der Waals surface area (Å²) in [5.41, 5.74) is 0. The Hall–Kier alpha value is -1.06. The van der Waals surface area contributed by atoms with Crippen LogP contribution in [0, 0.1) is 11.8 Å². The predicted octanol–water partition coefficient (Wildman–Crippen LogP) is 4.13. The summed E-state index contributed by atoms with van der Waals surface area (Å²) >= 11 is 0. The van der Waals surface area contributed by atoms with Gasteiger partial charge in [0, 0.05) is 13.0 Å². The average Bonchev–Trinajstić information content (AvgIpc) is 2.52. The summed E-state index contributed by atoms with van der Waals surface area (Å²) in [6.07, 6.45) is 12.6. The van der Waals surface area contributed by atoms with Crippen LogP contribution in [-0.2, 0) is 9.59 Å². The number of carbonyl (C=O) groups is 2. The van der Waals surface area contributed by atoms with E-state index in [0.29, 0.717) is 12.3 Å². The Kier molecular flexibility index (Phi) is 9.93. The van der Waals surface area contributed by atoms with Crippen molar-refractivity contribution in [3.8, 4) is 0 Å². The van der Waals surface area contributed by atoms with Gasteiger partial charge in [0.15, 0.2) is 0 Å². The fourth-order valence-corrected chi connectivity index (χ4v) is 3.20. The topological polar surface area (TPSA) is 66.4 Å². The van der Waals surface area contributed by atoms with Crippen LogP contribution in [0.25, 0.3) is 0 Å². The maximum atomic E-state index is 11.8. The van der Waals surface area contributed by atoms with Crippen molar-refractivity contribution in [3.63, 3.8) is 0 Å². The third-order valence-electron chi connectivity index (χ3n) is 4.79. The van der Waals surface area contributed by atoms with E-state index in [1.165, 1.54) is 32.1 Å². The van der Waals surface area contributed by atoms with E-state index in [2.05, 4.69) is 12.2 Å². The van der Waals surface area contributed by atoms with Gasteiger partial charge in [-0.2, -0.15) is 0 Å². The highest BCUT2D eigenvalue weighted by Gasteiger charge is 2.25. The number of rotatable bonds is 11. The van der Waals surface area contributed by atoms with E-state index in [-0.39, 0.29) is 11.8 Å². The molecule has 4 nitrogen and oxygen atoms in total. The maximum Gasteiger partial charge on any atom is 0.306 e. The van der Waals surface area contributed by atoms with Gasteiger partial charge < -0.3 is 10.4 Å². The Labute approximate surface area is 135 Å². The molecule has 0 bridgehead atoms. The molecule has 1 aliphatic rings. The lowest BCUT2D eigenvalue weighted by Gasteiger charge is -2.26. The van der Waals surface area contributed by atoms with Crippen molar-refractivity contribution >= 4 is 11.9 Å². The molecule has 1 rings (SSSR count). The van der Waals surface area contributed by atoms with E-state index in [1.54, 1.807) is 0 Å². The molecule has 128 valence electrons. The molecule has 1 fully saturated rings. The molecule has 0 aromatic heterocycles. The molecular weight excluding hydrogens is 278 g/mol. The number of aliphatic carboxylic acids is 1. The quantitative estimate of drug-likeness (QED) is 0.564. The number of hydrogen-bond acceptors (Lipinski definition) is 2. The minimum Gasteiger partial charge on any atom is -0.481 e. The molecule has 0 radical (unpaired) electrons. The van der Waals surface area contributed by atoms with Gasteiger partial charge in [-0.25, -0.2) is 0 Å². The number of amides is 1. The van der Waals surface area contributed by atoms with Gasteiger partial charge in [0.25, 0.3) is 0 Å². The van der Waals surface area contributed by atoms with Crippen molar-refractivity contribution < 1.29 is 14.7 Å². The highest BCUT2D eigenvalue weighted by atomic mass is 16.4. The number of carboxylic acid groups (broad SMARTS) is 1. The van der Waals surface area contributed by atoms with Crippen LogP contribution < -0.4 is 5.32 Å². The van der Waals surface area contributed by atoms with Crippen LogP contribution >= 0.6 is 0 Å². The smallest absolute Gasteiger partial charge is 0.306 e. The van der Waals surface area contributed by atoms with Gasteiger partial charge in [-0.05, 0) is 38.0 Å². The van der Waals surface area contributed by atoms with Gasteiger partial charge in [0.2, 0.25) is 5.91 Å². The first-order valence-electron chi connectivity index (χ1n) is 9.13. The second-order valence-electron chi connectivity index (χ2n) is 6.73. The molecule has 0 aliphatic heterocycles. The molecular formula is C18H33NO3. The molecule has 22 heavy (non-hydrogen) atoms. The fourth-order valence-electron chi connectivity index (χ4n) is 3.20. The second kappa shape index (κ2) is 11.5. The molecule has 0 aromatic rings. The summed E-state index contributed by atoms with van der Waals surface area (Å²) in [5.74, 6) is -0.205. The SMILES string of the molecule is CCCCCCCCCC(=O)NCC1CCC(C(=O)O)CC1. The third-order valence-corrected chi connectivity index (χ3v) is 4.79. The maximum absolute atomic E-state index is 11.8. The van der Waals surface area contributed by atoms with E-state index in [0.717, 1.165) is 45.1 Å². The molecule has 4 heteroatoms. The molecule has 1 saturated carbocycles. The summed E-state index contributed by atoms with van der Waals surface area (Å²) in [4.78, 5) is 22.7. The van der Waals surface area contributed by atoms with Gasteiger partial charge in [0.1, 0.15) is 0 Å². The van der Waals surface area contributed by atoms with Crippen LogP contribution in [-0.4, -0.2) is 23.5 Å². The van der Waals surface area contributed by atoms with Crippen molar-refractivity contribution in [2.24, 2.45) is 11.8 Å². The van der Waals surface area contributed by atoms with E-state index < -0.39 is 5.97 Å².